The maximum absolute atomic E-state index is 3.63. The summed E-state index contributed by atoms with van der Waals surface area (Å²) in [4.78, 5) is 1.50. The largest absolute Gasteiger partial charge is 0.384 e. The molecule has 2 heterocycles. The van der Waals surface area contributed by atoms with Crippen molar-refractivity contribution >= 4 is 17.0 Å². The molecule has 0 bridgehead atoms. The van der Waals surface area contributed by atoms with E-state index in [9.17, 15) is 0 Å². The number of thiophene rings is 1. The zero-order valence-electron chi connectivity index (χ0n) is 12.0. The molecule has 0 spiro atoms. The lowest BCUT2D eigenvalue weighted by Gasteiger charge is -2.26. The van der Waals surface area contributed by atoms with Crippen LogP contribution in [0, 0.1) is 5.92 Å². The summed E-state index contributed by atoms with van der Waals surface area (Å²) in [5.74, 6) is 0.690. The van der Waals surface area contributed by atoms with Gasteiger partial charge in [-0.1, -0.05) is 25.1 Å². The lowest BCUT2D eigenvalue weighted by molar-refractivity contribution is 0.484. The third-order valence-corrected chi connectivity index (χ3v) is 5.01. The highest BCUT2D eigenvalue weighted by atomic mass is 32.1. The van der Waals surface area contributed by atoms with E-state index in [4.69, 9.17) is 0 Å². The van der Waals surface area contributed by atoms with Gasteiger partial charge in [0.15, 0.2) is 0 Å². The normalized spacial score (nSPS) is 17.6. The van der Waals surface area contributed by atoms with Crippen molar-refractivity contribution in [1.82, 2.24) is 5.32 Å². The summed E-state index contributed by atoms with van der Waals surface area (Å²) >= 11 is 1.87. The Hall–Kier alpha value is -1.32. The van der Waals surface area contributed by atoms with E-state index >= 15 is 0 Å². The van der Waals surface area contributed by atoms with Crippen LogP contribution in [-0.2, 0) is 19.4 Å². The number of aryl methyl sites for hydroxylation is 1. The number of nitrogens with one attached hydrogen (secondary N) is 2. The first kappa shape index (κ1) is 13.7. The van der Waals surface area contributed by atoms with Crippen LogP contribution in [0.5, 0.6) is 0 Å². The maximum Gasteiger partial charge on any atom is 0.0372 e. The summed E-state index contributed by atoms with van der Waals surface area (Å²) in [6, 6.07) is 10.9. The Balaban J connectivity index is 1.51. The van der Waals surface area contributed by atoms with Gasteiger partial charge in [-0.15, -0.1) is 11.3 Å². The van der Waals surface area contributed by atoms with E-state index in [1.807, 2.05) is 11.3 Å². The Bertz CT molecular complexity index is 562. The van der Waals surface area contributed by atoms with Gasteiger partial charge in [-0.05, 0) is 47.4 Å². The summed E-state index contributed by atoms with van der Waals surface area (Å²) < 4.78 is 0. The molecular formula is C17H22N2S. The van der Waals surface area contributed by atoms with Crippen molar-refractivity contribution in [3.63, 3.8) is 0 Å². The van der Waals surface area contributed by atoms with Gasteiger partial charge in [0.1, 0.15) is 0 Å². The van der Waals surface area contributed by atoms with E-state index in [1.54, 1.807) is 0 Å². The van der Waals surface area contributed by atoms with Crippen LogP contribution in [0.1, 0.15) is 22.9 Å². The Labute approximate surface area is 125 Å². The molecule has 0 saturated heterocycles. The molecule has 2 aromatic rings. The SMILES string of the molecule is CCc1ccsc1CNCC1CNc2ccccc2C1. The number of hydrogen-bond acceptors (Lipinski definition) is 3. The van der Waals surface area contributed by atoms with Crippen molar-refractivity contribution < 1.29 is 0 Å². The van der Waals surface area contributed by atoms with E-state index < -0.39 is 0 Å². The predicted molar refractivity (Wildman–Crippen MR) is 87.5 cm³/mol. The average molecular weight is 286 g/mol. The molecule has 106 valence electrons. The Morgan fingerprint density at radius 1 is 1.30 bits per heavy atom. The van der Waals surface area contributed by atoms with E-state index in [-0.39, 0.29) is 0 Å². The molecule has 1 aliphatic heterocycles. The van der Waals surface area contributed by atoms with Crippen molar-refractivity contribution in [3.8, 4) is 0 Å². The Morgan fingerprint density at radius 2 is 2.20 bits per heavy atom. The van der Waals surface area contributed by atoms with Gasteiger partial charge < -0.3 is 10.6 Å². The minimum atomic E-state index is 0.690. The van der Waals surface area contributed by atoms with Gasteiger partial charge in [0.05, 0.1) is 0 Å². The number of rotatable bonds is 5. The standard InChI is InChI=1S/C17H22N2S/c1-2-14-7-8-20-17(14)12-18-10-13-9-15-5-3-4-6-16(15)19-11-13/h3-8,13,18-19H,2,9-12H2,1H3. The smallest absolute Gasteiger partial charge is 0.0372 e. The van der Waals surface area contributed by atoms with Crippen LogP contribution in [0.2, 0.25) is 0 Å². The molecule has 0 aliphatic carbocycles. The second-order valence-electron chi connectivity index (χ2n) is 5.46. The molecule has 3 rings (SSSR count). The van der Waals surface area contributed by atoms with Gasteiger partial charge in [0, 0.05) is 30.2 Å². The van der Waals surface area contributed by atoms with E-state index in [0.717, 1.165) is 26.1 Å². The monoisotopic (exact) mass is 286 g/mol. The van der Waals surface area contributed by atoms with Gasteiger partial charge in [-0.2, -0.15) is 0 Å². The highest BCUT2D eigenvalue weighted by molar-refractivity contribution is 7.10. The fourth-order valence-corrected chi connectivity index (χ4v) is 3.83. The van der Waals surface area contributed by atoms with Gasteiger partial charge in [0.25, 0.3) is 0 Å². The van der Waals surface area contributed by atoms with Gasteiger partial charge >= 0.3 is 0 Å². The molecule has 1 aromatic carbocycles. The van der Waals surface area contributed by atoms with E-state index in [1.165, 1.54) is 28.1 Å². The molecule has 0 amide bonds. The number of para-hydroxylation sites is 1. The Kier molecular flexibility index (Phi) is 4.38. The van der Waals surface area contributed by atoms with Crippen LogP contribution in [0.4, 0.5) is 5.69 Å². The highest BCUT2D eigenvalue weighted by Gasteiger charge is 2.17. The molecule has 0 radical (unpaired) electrons. The molecular weight excluding hydrogens is 264 g/mol. The fourth-order valence-electron chi connectivity index (χ4n) is 2.88. The summed E-state index contributed by atoms with van der Waals surface area (Å²) in [6.45, 7) is 5.41. The molecule has 20 heavy (non-hydrogen) atoms. The number of anilines is 1. The highest BCUT2D eigenvalue weighted by Crippen LogP contribution is 2.24. The number of hydrogen-bond donors (Lipinski definition) is 2. The second kappa shape index (κ2) is 6.42. The van der Waals surface area contributed by atoms with E-state index in [2.05, 4.69) is 53.3 Å². The lowest BCUT2D eigenvalue weighted by Crippen LogP contribution is -2.32. The van der Waals surface area contributed by atoms with Crippen LogP contribution < -0.4 is 10.6 Å². The second-order valence-corrected chi connectivity index (χ2v) is 6.46. The average Bonchev–Trinajstić information content (AvgIpc) is 2.95. The zero-order valence-corrected chi connectivity index (χ0v) is 12.8. The third kappa shape index (κ3) is 3.05. The van der Waals surface area contributed by atoms with Crippen molar-refractivity contribution in [2.45, 2.75) is 26.3 Å². The number of benzene rings is 1. The van der Waals surface area contributed by atoms with Crippen molar-refractivity contribution in [2.24, 2.45) is 5.92 Å². The molecule has 0 fully saturated rings. The predicted octanol–water partition coefficient (Wildman–Crippen LogP) is 3.68. The van der Waals surface area contributed by atoms with Gasteiger partial charge in [-0.25, -0.2) is 0 Å². The van der Waals surface area contributed by atoms with Crippen molar-refractivity contribution in [2.75, 3.05) is 18.4 Å². The molecule has 2 N–H and O–H groups in total. The molecule has 2 nitrogen and oxygen atoms in total. The van der Waals surface area contributed by atoms with Crippen LogP contribution in [0.25, 0.3) is 0 Å². The van der Waals surface area contributed by atoms with Gasteiger partial charge in [0.2, 0.25) is 0 Å². The minimum absolute atomic E-state index is 0.690. The number of fused-ring (bicyclic) bond motifs is 1. The van der Waals surface area contributed by atoms with Gasteiger partial charge in [-0.3, -0.25) is 0 Å². The zero-order chi connectivity index (χ0) is 13.8. The Morgan fingerprint density at radius 3 is 3.10 bits per heavy atom. The topological polar surface area (TPSA) is 24.1 Å². The summed E-state index contributed by atoms with van der Waals surface area (Å²) in [5.41, 5.74) is 4.26. The summed E-state index contributed by atoms with van der Waals surface area (Å²) in [6.07, 6.45) is 2.32. The summed E-state index contributed by atoms with van der Waals surface area (Å²) in [7, 11) is 0. The lowest BCUT2D eigenvalue weighted by atomic mass is 9.94. The van der Waals surface area contributed by atoms with Crippen LogP contribution >= 0.6 is 11.3 Å². The third-order valence-electron chi connectivity index (χ3n) is 4.04. The first-order valence-electron chi connectivity index (χ1n) is 7.44. The maximum atomic E-state index is 3.63. The van der Waals surface area contributed by atoms with Crippen LogP contribution in [0.15, 0.2) is 35.7 Å². The summed E-state index contributed by atoms with van der Waals surface area (Å²) in [5, 5.41) is 9.38. The minimum Gasteiger partial charge on any atom is -0.384 e. The molecule has 1 atom stereocenters. The quantitative estimate of drug-likeness (QED) is 0.876. The first-order valence-corrected chi connectivity index (χ1v) is 8.32. The first-order chi connectivity index (χ1) is 9.86. The molecule has 1 unspecified atom stereocenters. The molecule has 1 aliphatic rings. The van der Waals surface area contributed by atoms with Crippen LogP contribution in [0.3, 0.4) is 0 Å². The fraction of sp³-hybridized carbons (Fsp3) is 0.412. The molecule has 0 saturated carbocycles. The van der Waals surface area contributed by atoms with Crippen LogP contribution in [-0.4, -0.2) is 13.1 Å². The van der Waals surface area contributed by atoms with Crippen molar-refractivity contribution in [1.29, 1.82) is 0 Å². The van der Waals surface area contributed by atoms with Crippen molar-refractivity contribution in [3.05, 3.63) is 51.7 Å². The molecule has 1 aromatic heterocycles. The molecule has 3 heteroatoms. The van der Waals surface area contributed by atoms with E-state index in [0.29, 0.717) is 5.92 Å².